The monoisotopic (exact) mass is 141 g/mol. The predicted octanol–water partition coefficient (Wildman–Crippen LogP) is 0.965. The molecule has 0 spiro atoms. The minimum Gasteiger partial charge on any atom is -0.316 e. The molecular formula is C8H15NO. The molecule has 0 aromatic rings. The van der Waals surface area contributed by atoms with Gasteiger partial charge >= 0.3 is 0 Å². The number of carbonyl (C=O) groups is 1. The van der Waals surface area contributed by atoms with Gasteiger partial charge in [-0.3, -0.25) is 0 Å². The van der Waals surface area contributed by atoms with Crippen molar-refractivity contribution in [2.75, 3.05) is 13.1 Å². The highest BCUT2D eigenvalue weighted by atomic mass is 16.1. The van der Waals surface area contributed by atoms with Crippen LogP contribution in [0.1, 0.15) is 25.7 Å². The maximum absolute atomic E-state index is 10.0. The second kappa shape index (κ2) is 4.45. The van der Waals surface area contributed by atoms with Crippen LogP contribution in [0.4, 0.5) is 0 Å². The van der Waals surface area contributed by atoms with Gasteiger partial charge in [0.15, 0.2) is 0 Å². The third kappa shape index (κ3) is 2.48. The van der Waals surface area contributed by atoms with Gasteiger partial charge in [0, 0.05) is 6.42 Å². The lowest BCUT2D eigenvalue weighted by Gasteiger charge is -2.21. The van der Waals surface area contributed by atoms with E-state index in [1.807, 2.05) is 0 Å². The first-order chi connectivity index (χ1) is 4.93. The van der Waals surface area contributed by atoms with E-state index >= 15 is 0 Å². The second-order valence-electron chi connectivity index (χ2n) is 2.96. The van der Waals surface area contributed by atoms with E-state index in [-0.39, 0.29) is 0 Å². The fourth-order valence-corrected chi connectivity index (χ4v) is 1.47. The zero-order valence-corrected chi connectivity index (χ0v) is 6.31. The first-order valence-electron chi connectivity index (χ1n) is 4.08. The van der Waals surface area contributed by atoms with Crippen molar-refractivity contribution < 1.29 is 4.79 Å². The fraction of sp³-hybridized carbons (Fsp3) is 0.875. The molecule has 2 nitrogen and oxygen atoms in total. The molecule has 0 aromatic heterocycles. The molecule has 58 valence electrons. The van der Waals surface area contributed by atoms with Gasteiger partial charge in [-0.1, -0.05) is 0 Å². The Morgan fingerprint density at radius 2 is 2.50 bits per heavy atom. The number of nitrogens with one attached hydrogen (secondary N) is 1. The number of hydrogen-bond donors (Lipinski definition) is 1. The summed E-state index contributed by atoms with van der Waals surface area (Å²) >= 11 is 0. The van der Waals surface area contributed by atoms with Crippen LogP contribution in [0, 0.1) is 5.92 Å². The topological polar surface area (TPSA) is 29.1 Å². The molecule has 1 aliphatic heterocycles. The molecule has 0 aromatic carbocycles. The Bertz CT molecular complexity index is 97.4. The van der Waals surface area contributed by atoms with Crippen LogP contribution in [0.25, 0.3) is 0 Å². The van der Waals surface area contributed by atoms with Gasteiger partial charge in [0.1, 0.15) is 6.29 Å². The maximum Gasteiger partial charge on any atom is 0.120 e. The zero-order chi connectivity index (χ0) is 7.23. The summed E-state index contributed by atoms with van der Waals surface area (Å²) in [6.45, 7) is 2.28. The lowest BCUT2D eigenvalue weighted by Crippen LogP contribution is -2.29. The molecule has 10 heavy (non-hydrogen) atoms. The number of rotatable bonds is 3. The highest BCUT2D eigenvalue weighted by Gasteiger charge is 2.11. The smallest absolute Gasteiger partial charge is 0.120 e. The molecule has 0 saturated carbocycles. The van der Waals surface area contributed by atoms with Gasteiger partial charge in [0.25, 0.3) is 0 Å². The Kier molecular flexibility index (Phi) is 3.44. The van der Waals surface area contributed by atoms with Gasteiger partial charge < -0.3 is 10.1 Å². The summed E-state index contributed by atoms with van der Waals surface area (Å²) in [4.78, 5) is 10.0. The van der Waals surface area contributed by atoms with Crippen molar-refractivity contribution in [3.05, 3.63) is 0 Å². The van der Waals surface area contributed by atoms with E-state index in [1.54, 1.807) is 0 Å². The number of hydrogen-bond acceptors (Lipinski definition) is 2. The molecule has 0 radical (unpaired) electrons. The fourth-order valence-electron chi connectivity index (χ4n) is 1.47. The molecular weight excluding hydrogens is 126 g/mol. The minimum atomic E-state index is 0.742. The number of piperidine rings is 1. The summed E-state index contributed by atoms with van der Waals surface area (Å²) in [6.07, 6.45) is 5.43. The molecule has 1 aliphatic rings. The lowest BCUT2D eigenvalue weighted by atomic mass is 9.95. The molecule has 0 aliphatic carbocycles. The first-order valence-corrected chi connectivity index (χ1v) is 4.08. The largest absolute Gasteiger partial charge is 0.316 e. The highest BCUT2D eigenvalue weighted by molar-refractivity contribution is 5.49. The summed E-state index contributed by atoms with van der Waals surface area (Å²) in [5.74, 6) is 0.763. The summed E-state index contributed by atoms with van der Waals surface area (Å²) in [7, 11) is 0. The summed E-state index contributed by atoms with van der Waals surface area (Å²) in [6, 6.07) is 0. The molecule has 1 unspecified atom stereocenters. The van der Waals surface area contributed by atoms with E-state index < -0.39 is 0 Å². The highest BCUT2D eigenvalue weighted by Crippen LogP contribution is 2.14. The normalized spacial score (nSPS) is 26.2. The first kappa shape index (κ1) is 7.73. The lowest BCUT2D eigenvalue weighted by molar-refractivity contribution is -0.108. The Hall–Kier alpha value is -0.370. The molecule has 1 saturated heterocycles. The van der Waals surface area contributed by atoms with Gasteiger partial charge in [0.2, 0.25) is 0 Å². The van der Waals surface area contributed by atoms with Crippen molar-refractivity contribution in [1.29, 1.82) is 0 Å². The van der Waals surface area contributed by atoms with E-state index in [4.69, 9.17) is 0 Å². The average molecular weight is 141 g/mol. The van der Waals surface area contributed by atoms with Crippen molar-refractivity contribution in [2.45, 2.75) is 25.7 Å². The van der Waals surface area contributed by atoms with Crippen molar-refractivity contribution in [2.24, 2.45) is 5.92 Å². The molecule has 1 atom stereocenters. The van der Waals surface area contributed by atoms with Crippen LogP contribution >= 0.6 is 0 Å². The van der Waals surface area contributed by atoms with E-state index in [2.05, 4.69) is 5.32 Å². The van der Waals surface area contributed by atoms with Gasteiger partial charge in [-0.15, -0.1) is 0 Å². The SMILES string of the molecule is O=CCCC1CCCNC1. The summed E-state index contributed by atoms with van der Waals surface area (Å²) in [5, 5.41) is 3.33. The average Bonchev–Trinajstić information content (AvgIpc) is 2.03. The van der Waals surface area contributed by atoms with Crippen LogP contribution in [-0.2, 0) is 4.79 Å². The van der Waals surface area contributed by atoms with E-state index in [1.165, 1.54) is 12.8 Å². The molecule has 1 rings (SSSR count). The molecule has 1 heterocycles. The van der Waals surface area contributed by atoms with E-state index in [0.717, 1.165) is 38.1 Å². The zero-order valence-electron chi connectivity index (χ0n) is 6.31. The van der Waals surface area contributed by atoms with E-state index in [9.17, 15) is 4.79 Å². The Labute approximate surface area is 62.0 Å². The van der Waals surface area contributed by atoms with Crippen molar-refractivity contribution in [3.63, 3.8) is 0 Å². The van der Waals surface area contributed by atoms with E-state index in [0.29, 0.717) is 0 Å². The van der Waals surface area contributed by atoms with Crippen LogP contribution < -0.4 is 5.32 Å². The molecule has 1 fully saturated rings. The van der Waals surface area contributed by atoms with Crippen LogP contribution in [-0.4, -0.2) is 19.4 Å². The van der Waals surface area contributed by atoms with Crippen LogP contribution in [0.15, 0.2) is 0 Å². The number of aldehydes is 1. The van der Waals surface area contributed by atoms with Crippen LogP contribution in [0.5, 0.6) is 0 Å². The van der Waals surface area contributed by atoms with Gasteiger partial charge in [-0.2, -0.15) is 0 Å². The third-order valence-corrected chi connectivity index (χ3v) is 2.09. The standard InChI is InChI=1S/C8H15NO/c10-6-2-4-8-3-1-5-9-7-8/h6,8-9H,1-5,7H2. The molecule has 0 amide bonds. The molecule has 1 N–H and O–H groups in total. The Morgan fingerprint density at radius 3 is 3.10 bits per heavy atom. The van der Waals surface area contributed by atoms with Gasteiger partial charge in [-0.25, -0.2) is 0 Å². The molecule has 0 bridgehead atoms. The quantitative estimate of drug-likeness (QED) is 0.593. The summed E-state index contributed by atoms with van der Waals surface area (Å²) < 4.78 is 0. The maximum atomic E-state index is 10.0. The van der Waals surface area contributed by atoms with Gasteiger partial charge in [0.05, 0.1) is 0 Å². The minimum absolute atomic E-state index is 0.742. The van der Waals surface area contributed by atoms with Crippen molar-refractivity contribution in [3.8, 4) is 0 Å². The number of carbonyl (C=O) groups excluding carboxylic acids is 1. The van der Waals surface area contributed by atoms with Crippen molar-refractivity contribution in [1.82, 2.24) is 5.32 Å². The molecule has 2 heteroatoms. The predicted molar refractivity (Wildman–Crippen MR) is 40.9 cm³/mol. The third-order valence-electron chi connectivity index (χ3n) is 2.09. The van der Waals surface area contributed by atoms with Gasteiger partial charge in [-0.05, 0) is 38.3 Å². The van der Waals surface area contributed by atoms with Crippen LogP contribution in [0.2, 0.25) is 0 Å². The second-order valence-corrected chi connectivity index (χ2v) is 2.96. The Balaban J connectivity index is 2.07. The van der Waals surface area contributed by atoms with Crippen LogP contribution in [0.3, 0.4) is 0 Å². The Morgan fingerprint density at radius 1 is 1.60 bits per heavy atom. The van der Waals surface area contributed by atoms with Crippen molar-refractivity contribution >= 4 is 6.29 Å². The summed E-state index contributed by atoms with van der Waals surface area (Å²) in [5.41, 5.74) is 0.